The summed E-state index contributed by atoms with van der Waals surface area (Å²) in [6, 6.07) is 9.62. The number of hydrogen-bond acceptors (Lipinski definition) is 4. The minimum atomic E-state index is -0.0455. The fourth-order valence-corrected chi connectivity index (χ4v) is 4.78. The summed E-state index contributed by atoms with van der Waals surface area (Å²) in [6.07, 6.45) is 2.18. The average Bonchev–Trinajstić information content (AvgIpc) is 3.23. The van der Waals surface area contributed by atoms with Gasteiger partial charge < -0.3 is 15.0 Å². The average molecular weight is 449 g/mol. The minimum Gasteiger partial charge on any atom is -0.493 e. The minimum absolute atomic E-state index is 0.0236. The van der Waals surface area contributed by atoms with E-state index >= 15 is 0 Å². The van der Waals surface area contributed by atoms with Gasteiger partial charge in [-0.15, -0.1) is 11.3 Å². The molecule has 0 radical (unpaired) electrons. The first-order valence-electron chi connectivity index (χ1n) is 9.17. The Balaban J connectivity index is 1.36. The number of amides is 2. The van der Waals surface area contributed by atoms with E-state index in [9.17, 15) is 9.59 Å². The fraction of sp³-hybridized carbons (Fsp3) is 0.400. The van der Waals surface area contributed by atoms with E-state index in [2.05, 4.69) is 21.2 Å². The molecule has 2 aliphatic rings. The van der Waals surface area contributed by atoms with Crippen molar-refractivity contribution in [2.45, 2.75) is 25.3 Å². The lowest BCUT2D eigenvalue weighted by Gasteiger charge is -2.33. The molecular weight excluding hydrogens is 428 g/mol. The summed E-state index contributed by atoms with van der Waals surface area (Å²) in [5.74, 6) is 0.949. The van der Waals surface area contributed by atoms with Gasteiger partial charge in [0.2, 0.25) is 5.91 Å². The van der Waals surface area contributed by atoms with E-state index in [4.69, 9.17) is 4.74 Å². The van der Waals surface area contributed by atoms with Crippen molar-refractivity contribution >= 4 is 39.1 Å². The predicted molar refractivity (Wildman–Crippen MR) is 108 cm³/mol. The first-order valence-corrected chi connectivity index (χ1v) is 10.8. The largest absolute Gasteiger partial charge is 0.493 e. The highest BCUT2D eigenvalue weighted by Crippen LogP contribution is 2.34. The van der Waals surface area contributed by atoms with Gasteiger partial charge in [0.15, 0.2) is 0 Å². The Morgan fingerprint density at radius 1 is 1.19 bits per heavy atom. The number of halogens is 1. The molecule has 1 unspecified atom stereocenters. The summed E-state index contributed by atoms with van der Waals surface area (Å²) >= 11 is 4.96. The second-order valence-corrected chi connectivity index (χ2v) is 8.79. The molecule has 1 atom stereocenters. The second kappa shape index (κ2) is 8.02. The van der Waals surface area contributed by atoms with Gasteiger partial charge in [-0.25, -0.2) is 0 Å². The Labute approximate surface area is 170 Å². The topological polar surface area (TPSA) is 58.6 Å². The molecule has 1 aromatic carbocycles. The second-order valence-electron chi connectivity index (χ2n) is 6.92. The van der Waals surface area contributed by atoms with Gasteiger partial charge in [0.25, 0.3) is 5.91 Å². The zero-order valence-electron chi connectivity index (χ0n) is 14.8. The van der Waals surface area contributed by atoms with Crippen molar-refractivity contribution < 1.29 is 14.3 Å². The number of carbonyl (C=O) groups excluding carboxylic acids is 2. The molecule has 4 rings (SSSR count). The molecule has 0 spiro atoms. The van der Waals surface area contributed by atoms with Crippen LogP contribution in [0.25, 0.3) is 0 Å². The monoisotopic (exact) mass is 448 g/mol. The standard InChI is InChI=1S/C20H21BrN2O3S/c21-14-3-4-17-15(12-14)16(7-10-26-17)22-19(24)13-5-8-23(9-6-13)20(25)18-2-1-11-27-18/h1-4,11-13,16H,5-10H2,(H,22,24). The third-order valence-corrected chi connectivity index (χ3v) is 6.56. The van der Waals surface area contributed by atoms with Crippen molar-refractivity contribution in [1.82, 2.24) is 10.2 Å². The van der Waals surface area contributed by atoms with E-state index in [-0.39, 0.29) is 23.8 Å². The lowest BCUT2D eigenvalue weighted by Crippen LogP contribution is -2.44. The van der Waals surface area contributed by atoms with Gasteiger partial charge in [0, 0.05) is 35.5 Å². The maximum Gasteiger partial charge on any atom is 0.263 e. The van der Waals surface area contributed by atoms with Gasteiger partial charge in [0.1, 0.15) is 5.75 Å². The molecule has 0 aliphatic carbocycles. The van der Waals surface area contributed by atoms with Crippen molar-refractivity contribution in [3.05, 3.63) is 50.6 Å². The Bertz CT molecular complexity index is 832. The predicted octanol–water partition coefficient (Wildman–Crippen LogP) is 4.00. The summed E-state index contributed by atoms with van der Waals surface area (Å²) in [6.45, 7) is 1.86. The quantitative estimate of drug-likeness (QED) is 0.771. The van der Waals surface area contributed by atoms with Gasteiger partial charge in [-0.05, 0) is 42.5 Å². The van der Waals surface area contributed by atoms with Gasteiger partial charge in [-0.1, -0.05) is 22.0 Å². The van der Waals surface area contributed by atoms with E-state index in [1.165, 1.54) is 11.3 Å². The smallest absolute Gasteiger partial charge is 0.263 e. The van der Waals surface area contributed by atoms with E-state index in [0.717, 1.165) is 27.1 Å². The Morgan fingerprint density at radius 2 is 2.00 bits per heavy atom. The molecule has 5 nitrogen and oxygen atoms in total. The molecule has 142 valence electrons. The molecule has 7 heteroatoms. The van der Waals surface area contributed by atoms with Crippen molar-refractivity contribution in [2.75, 3.05) is 19.7 Å². The lowest BCUT2D eigenvalue weighted by molar-refractivity contribution is -0.127. The zero-order chi connectivity index (χ0) is 18.8. The third-order valence-electron chi connectivity index (χ3n) is 5.21. The van der Waals surface area contributed by atoms with Crippen LogP contribution in [-0.4, -0.2) is 36.4 Å². The van der Waals surface area contributed by atoms with E-state index in [1.807, 2.05) is 40.6 Å². The third kappa shape index (κ3) is 4.04. The van der Waals surface area contributed by atoms with Gasteiger partial charge >= 0.3 is 0 Å². The van der Waals surface area contributed by atoms with E-state index < -0.39 is 0 Å². The molecule has 1 saturated heterocycles. The Hall–Kier alpha value is -1.86. The van der Waals surface area contributed by atoms with Crippen molar-refractivity contribution in [3.63, 3.8) is 0 Å². The van der Waals surface area contributed by atoms with E-state index in [0.29, 0.717) is 32.5 Å². The number of nitrogens with one attached hydrogen (secondary N) is 1. The molecule has 0 saturated carbocycles. The van der Waals surface area contributed by atoms with Crippen LogP contribution < -0.4 is 10.1 Å². The fourth-order valence-electron chi connectivity index (χ4n) is 3.71. The van der Waals surface area contributed by atoms with Gasteiger partial charge in [-0.2, -0.15) is 0 Å². The van der Waals surface area contributed by atoms with Crippen LogP contribution in [0, 0.1) is 5.92 Å². The summed E-state index contributed by atoms with van der Waals surface area (Å²) in [7, 11) is 0. The number of benzene rings is 1. The molecule has 1 aromatic heterocycles. The molecule has 0 bridgehead atoms. The summed E-state index contributed by atoms with van der Waals surface area (Å²) in [5, 5.41) is 5.12. The van der Waals surface area contributed by atoms with Crippen LogP contribution >= 0.6 is 27.3 Å². The highest BCUT2D eigenvalue weighted by atomic mass is 79.9. The molecule has 27 heavy (non-hydrogen) atoms. The number of fused-ring (bicyclic) bond motifs is 1. The molecule has 3 heterocycles. The molecule has 2 aliphatic heterocycles. The Kier molecular flexibility index (Phi) is 5.50. The summed E-state index contributed by atoms with van der Waals surface area (Å²) < 4.78 is 6.67. The Morgan fingerprint density at radius 3 is 2.74 bits per heavy atom. The normalized spacial score (nSPS) is 19.9. The SMILES string of the molecule is O=C(NC1CCOc2ccc(Br)cc21)C1CCN(C(=O)c2cccs2)CC1. The molecular formula is C20H21BrN2O3S. The molecule has 1 N–H and O–H groups in total. The van der Waals surface area contributed by atoms with Gasteiger partial charge in [0.05, 0.1) is 17.5 Å². The molecule has 2 amide bonds. The number of piperidine rings is 1. The number of rotatable bonds is 3. The molecule has 2 aromatic rings. The zero-order valence-corrected chi connectivity index (χ0v) is 17.2. The number of hydrogen-bond donors (Lipinski definition) is 1. The van der Waals surface area contributed by atoms with E-state index in [1.54, 1.807) is 0 Å². The van der Waals surface area contributed by atoms with Gasteiger partial charge in [-0.3, -0.25) is 9.59 Å². The highest BCUT2D eigenvalue weighted by Gasteiger charge is 2.31. The molecule has 1 fully saturated rings. The maximum absolute atomic E-state index is 12.8. The van der Waals surface area contributed by atoms with Crippen LogP contribution in [-0.2, 0) is 4.79 Å². The van der Waals surface area contributed by atoms with Crippen LogP contribution in [0.15, 0.2) is 40.2 Å². The van der Waals surface area contributed by atoms with Crippen LogP contribution in [0.3, 0.4) is 0 Å². The van der Waals surface area contributed by atoms with Crippen LogP contribution in [0.4, 0.5) is 0 Å². The van der Waals surface area contributed by atoms with Crippen molar-refractivity contribution in [1.29, 1.82) is 0 Å². The van der Waals surface area contributed by atoms with Crippen molar-refractivity contribution in [3.8, 4) is 5.75 Å². The summed E-state index contributed by atoms with van der Waals surface area (Å²) in [5.41, 5.74) is 1.02. The number of ether oxygens (including phenoxy) is 1. The highest BCUT2D eigenvalue weighted by molar-refractivity contribution is 9.10. The number of carbonyl (C=O) groups is 2. The number of likely N-dealkylation sites (tertiary alicyclic amines) is 1. The maximum atomic E-state index is 12.8. The summed E-state index contributed by atoms with van der Waals surface area (Å²) in [4.78, 5) is 27.9. The first kappa shape index (κ1) is 18.5. The van der Waals surface area contributed by atoms with Crippen molar-refractivity contribution in [2.24, 2.45) is 5.92 Å². The van der Waals surface area contributed by atoms with Crippen LogP contribution in [0.5, 0.6) is 5.75 Å². The lowest BCUT2D eigenvalue weighted by atomic mass is 9.94. The first-order chi connectivity index (χ1) is 13.1. The number of thiophene rings is 1. The van der Waals surface area contributed by atoms with Crippen LogP contribution in [0.2, 0.25) is 0 Å². The van der Waals surface area contributed by atoms with Crippen LogP contribution in [0.1, 0.15) is 40.5 Å². The number of nitrogens with zero attached hydrogens (tertiary/aromatic N) is 1.